The van der Waals surface area contributed by atoms with Gasteiger partial charge >= 0.3 is 11.8 Å². The summed E-state index contributed by atoms with van der Waals surface area (Å²) in [6, 6.07) is 8.49. The summed E-state index contributed by atoms with van der Waals surface area (Å²) >= 11 is 2.04. The molecule has 1 aromatic carbocycles. The van der Waals surface area contributed by atoms with Gasteiger partial charge in [-0.05, 0) is 39.7 Å². The Balaban J connectivity index is 1.82. The first-order valence-corrected chi connectivity index (χ1v) is 7.37. The monoisotopic (exact) mass is 413 g/mol. The highest BCUT2D eigenvalue weighted by Crippen LogP contribution is 2.10. The third kappa shape index (κ3) is 4.38. The maximum absolute atomic E-state index is 11.9. The van der Waals surface area contributed by atoms with Crippen LogP contribution in [0.5, 0.6) is 0 Å². The van der Waals surface area contributed by atoms with Gasteiger partial charge in [0.25, 0.3) is 5.91 Å². The molecule has 0 radical (unpaired) electrons. The summed E-state index contributed by atoms with van der Waals surface area (Å²) in [5, 5.41) is 13.8. The predicted molar refractivity (Wildman–Crippen MR) is 84.5 cm³/mol. The molecule has 0 saturated carbocycles. The number of nitrogens with zero attached hydrogens (tertiary/aromatic N) is 2. The van der Waals surface area contributed by atoms with E-state index < -0.39 is 5.97 Å². The Bertz CT molecular complexity index is 693. The van der Waals surface area contributed by atoms with Crippen molar-refractivity contribution in [3.05, 3.63) is 62.9 Å². The molecule has 0 aliphatic heterocycles. The first-order chi connectivity index (χ1) is 10.6. The van der Waals surface area contributed by atoms with Crippen LogP contribution in [0.4, 0.5) is 0 Å². The molecular formula is C14H12IN3O4. The molecular weight excluding hydrogens is 401 g/mol. The van der Waals surface area contributed by atoms with E-state index in [0.717, 1.165) is 3.57 Å². The number of ether oxygens (including phenoxy) is 1. The number of hydrogen-bond acceptors (Lipinski definition) is 5. The minimum Gasteiger partial charge on any atom is -0.711 e. The van der Waals surface area contributed by atoms with Crippen molar-refractivity contribution in [2.24, 2.45) is 0 Å². The van der Waals surface area contributed by atoms with Crippen molar-refractivity contribution in [2.45, 2.75) is 6.61 Å². The summed E-state index contributed by atoms with van der Waals surface area (Å²) in [5.41, 5.74) is 0.484. The van der Waals surface area contributed by atoms with Crippen LogP contribution in [0.15, 0.2) is 42.7 Å². The minimum atomic E-state index is -0.648. The maximum atomic E-state index is 11.9. The van der Waals surface area contributed by atoms with Gasteiger partial charge in [-0.15, -0.1) is 0 Å². The van der Waals surface area contributed by atoms with Gasteiger partial charge in [0.1, 0.15) is 12.7 Å². The van der Waals surface area contributed by atoms with Crippen molar-refractivity contribution in [3.63, 3.8) is 0 Å². The Morgan fingerprint density at radius 3 is 2.82 bits per heavy atom. The molecule has 22 heavy (non-hydrogen) atoms. The zero-order valence-corrected chi connectivity index (χ0v) is 13.5. The molecule has 1 aromatic heterocycles. The molecule has 8 heteroatoms. The van der Waals surface area contributed by atoms with E-state index in [-0.39, 0.29) is 24.9 Å². The maximum Gasteiger partial charge on any atom is 0.339 e. The van der Waals surface area contributed by atoms with Crippen LogP contribution in [0.25, 0.3) is 0 Å². The van der Waals surface area contributed by atoms with Crippen LogP contribution in [0.2, 0.25) is 0 Å². The first-order valence-electron chi connectivity index (χ1n) is 6.29. The summed E-state index contributed by atoms with van der Waals surface area (Å²) in [6.07, 6.45) is 2.69. The lowest BCUT2D eigenvalue weighted by atomic mass is 10.2. The van der Waals surface area contributed by atoms with Gasteiger partial charge in [-0.1, -0.05) is 12.1 Å². The number of aromatic nitrogens is 2. The molecule has 0 saturated heterocycles. The number of rotatable bonds is 5. The molecule has 0 atom stereocenters. The molecule has 0 unspecified atom stereocenters. The van der Waals surface area contributed by atoms with Gasteiger partial charge < -0.3 is 15.3 Å². The number of carbonyl (C=O) groups excluding carboxylic acids is 2. The number of benzene rings is 1. The van der Waals surface area contributed by atoms with Gasteiger partial charge in [0.05, 0.1) is 11.8 Å². The van der Waals surface area contributed by atoms with E-state index in [9.17, 15) is 14.8 Å². The van der Waals surface area contributed by atoms with Crippen LogP contribution in [0.1, 0.15) is 16.2 Å². The third-order valence-electron chi connectivity index (χ3n) is 2.66. The van der Waals surface area contributed by atoms with Crippen LogP contribution in [0, 0.1) is 8.78 Å². The van der Waals surface area contributed by atoms with Crippen molar-refractivity contribution in [1.82, 2.24) is 10.3 Å². The van der Waals surface area contributed by atoms with E-state index in [1.54, 1.807) is 18.2 Å². The molecule has 0 aliphatic carbocycles. The number of nitrogens with one attached hydrogen (secondary N) is 1. The zero-order chi connectivity index (χ0) is 15.9. The molecule has 0 bridgehead atoms. The van der Waals surface area contributed by atoms with Gasteiger partial charge in [-0.25, -0.2) is 4.73 Å². The van der Waals surface area contributed by atoms with Gasteiger partial charge in [-0.3, -0.25) is 9.59 Å². The minimum absolute atomic E-state index is 0.0692. The Hall–Kier alpha value is -2.23. The standard InChI is InChI=1S/C14H12IN3O4/c15-11-5-2-1-4-10(11)14(20)17-8-13(19)22-9-12-16-6-3-7-18(12)21/h1-7H,8-9H2,(H,17,20). The topological polar surface area (TPSA) is 95.2 Å². The molecule has 0 spiro atoms. The SMILES string of the molecule is O=C(CNC(=O)c1ccccc1I)OCc1nccc[n+]1[O-]. The average molecular weight is 413 g/mol. The lowest BCUT2D eigenvalue weighted by Gasteiger charge is -2.08. The highest BCUT2D eigenvalue weighted by molar-refractivity contribution is 14.1. The fourth-order valence-corrected chi connectivity index (χ4v) is 2.21. The van der Waals surface area contributed by atoms with Crippen LogP contribution in [-0.2, 0) is 16.1 Å². The molecule has 1 N–H and O–H groups in total. The number of amides is 1. The molecule has 114 valence electrons. The van der Waals surface area contributed by atoms with Crippen molar-refractivity contribution in [1.29, 1.82) is 0 Å². The average Bonchev–Trinajstić information content (AvgIpc) is 2.52. The summed E-state index contributed by atoms with van der Waals surface area (Å²) in [6.45, 7) is -0.530. The predicted octanol–water partition coefficient (Wildman–Crippen LogP) is 0.793. The Morgan fingerprint density at radius 1 is 1.32 bits per heavy atom. The summed E-state index contributed by atoms with van der Waals surface area (Å²) in [5.74, 6) is -0.941. The van der Waals surface area contributed by atoms with Crippen molar-refractivity contribution in [2.75, 3.05) is 6.54 Å². The second kappa shape index (κ2) is 7.69. The second-order valence-corrected chi connectivity index (χ2v) is 5.35. The quantitative estimate of drug-likeness (QED) is 0.339. The van der Waals surface area contributed by atoms with Gasteiger partial charge in [0.2, 0.25) is 0 Å². The summed E-state index contributed by atoms with van der Waals surface area (Å²) in [7, 11) is 0. The van der Waals surface area contributed by atoms with Crippen molar-refractivity contribution >= 4 is 34.5 Å². The highest BCUT2D eigenvalue weighted by atomic mass is 127. The van der Waals surface area contributed by atoms with Gasteiger partial charge in [-0.2, -0.15) is 0 Å². The molecule has 1 amide bonds. The number of halogens is 1. The van der Waals surface area contributed by atoms with E-state index in [0.29, 0.717) is 10.3 Å². The second-order valence-electron chi connectivity index (χ2n) is 4.18. The molecule has 2 rings (SSSR count). The molecule has 0 aliphatic rings. The fourth-order valence-electron chi connectivity index (χ4n) is 1.58. The van der Waals surface area contributed by atoms with Crippen LogP contribution in [0.3, 0.4) is 0 Å². The molecule has 0 fully saturated rings. The summed E-state index contributed by atoms with van der Waals surface area (Å²) in [4.78, 5) is 27.3. The molecule has 2 aromatic rings. The van der Waals surface area contributed by atoms with Crippen LogP contribution < -0.4 is 10.0 Å². The number of hydrogen-bond donors (Lipinski definition) is 1. The van der Waals surface area contributed by atoms with E-state index in [4.69, 9.17) is 4.74 Å². The highest BCUT2D eigenvalue weighted by Gasteiger charge is 2.13. The Kier molecular flexibility index (Phi) is 5.64. The third-order valence-corrected chi connectivity index (χ3v) is 3.60. The number of carbonyl (C=O) groups is 2. The van der Waals surface area contributed by atoms with E-state index >= 15 is 0 Å². The zero-order valence-electron chi connectivity index (χ0n) is 11.4. The Morgan fingerprint density at radius 2 is 2.09 bits per heavy atom. The largest absolute Gasteiger partial charge is 0.711 e. The van der Waals surface area contributed by atoms with Crippen molar-refractivity contribution < 1.29 is 19.1 Å². The van der Waals surface area contributed by atoms with E-state index in [2.05, 4.69) is 10.3 Å². The van der Waals surface area contributed by atoms with Crippen LogP contribution in [-0.4, -0.2) is 23.4 Å². The number of esters is 1. The Labute approximate surface area is 140 Å². The van der Waals surface area contributed by atoms with Crippen LogP contribution >= 0.6 is 22.6 Å². The van der Waals surface area contributed by atoms with Crippen molar-refractivity contribution in [3.8, 4) is 0 Å². The lowest BCUT2D eigenvalue weighted by molar-refractivity contribution is -0.620. The fraction of sp³-hybridized carbons (Fsp3) is 0.143. The summed E-state index contributed by atoms with van der Waals surface area (Å²) < 4.78 is 6.18. The lowest BCUT2D eigenvalue weighted by Crippen LogP contribution is -2.35. The molecule has 1 heterocycles. The smallest absolute Gasteiger partial charge is 0.339 e. The first kappa shape index (κ1) is 16.1. The molecule has 7 nitrogen and oxygen atoms in total. The van der Waals surface area contributed by atoms with Gasteiger partial charge in [0, 0.05) is 9.64 Å². The normalized spacial score (nSPS) is 10.0. The van der Waals surface area contributed by atoms with E-state index in [1.165, 1.54) is 18.5 Å². The van der Waals surface area contributed by atoms with E-state index in [1.807, 2.05) is 28.7 Å². The van der Waals surface area contributed by atoms with Gasteiger partial charge in [0.15, 0.2) is 6.61 Å².